The summed E-state index contributed by atoms with van der Waals surface area (Å²) in [5, 5.41) is 0. The van der Waals surface area contributed by atoms with Gasteiger partial charge in [0.1, 0.15) is 18.1 Å². The first kappa shape index (κ1) is 43.3. The second kappa shape index (κ2) is 30.9. The first-order chi connectivity index (χ1) is 20.9. The molecule has 44 heavy (non-hydrogen) atoms. The van der Waals surface area contributed by atoms with Gasteiger partial charge in [0.2, 0.25) is 0 Å². The summed E-state index contributed by atoms with van der Waals surface area (Å²) < 4.78 is 36.6. The van der Waals surface area contributed by atoms with Gasteiger partial charge in [-0.25, -0.2) is 9.97 Å². The number of aromatic nitrogens is 2. The smallest absolute Gasteiger partial charge is 0.316 e. The number of quaternary nitrogens is 1. The Bertz CT molecular complexity index is 718. The molecule has 2 unspecified atom stereocenters. The minimum absolute atomic E-state index is 0. The number of hydrogen-bond acceptors (Lipinski definition) is 7. The summed E-state index contributed by atoms with van der Waals surface area (Å²) in [7, 11) is 6.42. The van der Waals surface area contributed by atoms with E-state index in [1.807, 2.05) is 0 Å². The summed E-state index contributed by atoms with van der Waals surface area (Å²) >= 11 is -1.09. The minimum Gasteiger partial charge on any atom is -1.00 e. The lowest BCUT2D eigenvalue weighted by molar-refractivity contribution is -0.870. The molecule has 0 aromatic carbocycles. The largest absolute Gasteiger partial charge is 1.00 e. The molecule has 0 radical (unpaired) electrons. The van der Waals surface area contributed by atoms with Crippen LogP contribution in [0.25, 0.3) is 0 Å². The fraction of sp³-hybridized carbons (Fsp3) is 0.882. The molecular formula is C34H66ClN3O5S. The Balaban J connectivity index is 0.0000185. The van der Waals surface area contributed by atoms with Gasteiger partial charge >= 0.3 is 6.01 Å². The SMILES string of the molecule is CCCCCCCCCCCCCCCCCCOCC(C[S+]([O-])CCOCCOCC[N+](C)(C)C)Oc1ncccn1.[Cl-]. The van der Waals surface area contributed by atoms with Crippen LogP contribution in [0.5, 0.6) is 6.01 Å². The second-order valence-electron chi connectivity index (χ2n) is 12.7. The Labute approximate surface area is 279 Å². The molecule has 10 heteroatoms. The predicted molar refractivity (Wildman–Crippen MR) is 179 cm³/mol. The van der Waals surface area contributed by atoms with E-state index in [4.69, 9.17) is 18.9 Å². The third-order valence-electron chi connectivity index (χ3n) is 7.37. The van der Waals surface area contributed by atoms with Crippen LogP contribution in [0.1, 0.15) is 110 Å². The Kier molecular flexibility index (Phi) is 30.5. The maximum absolute atomic E-state index is 12.7. The Hall–Kier alpha value is -0.680. The minimum atomic E-state index is -1.09. The Morgan fingerprint density at radius 1 is 0.682 bits per heavy atom. The molecule has 0 aliphatic rings. The molecule has 0 fully saturated rings. The van der Waals surface area contributed by atoms with Crippen LogP contribution >= 0.6 is 0 Å². The quantitative estimate of drug-likeness (QED) is 0.0655. The van der Waals surface area contributed by atoms with Crippen LogP contribution in [-0.2, 0) is 25.4 Å². The van der Waals surface area contributed by atoms with Crippen molar-refractivity contribution in [1.29, 1.82) is 0 Å². The molecular weight excluding hydrogens is 598 g/mol. The van der Waals surface area contributed by atoms with Gasteiger partial charge in [0, 0.05) is 19.0 Å². The molecule has 0 saturated heterocycles. The lowest BCUT2D eigenvalue weighted by Gasteiger charge is -2.23. The summed E-state index contributed by atoms with van der Waals surface area (Å²) in [6.45, 7) is 6.51. The molecule has 0 spiro atoms. The zero-order valence-electron chi connectivity index (χ0n) is 28.7. The van der Waals surface area contributed by atoms with Gasteiger partial charge in [-0.05, 0) is 23.7 Å². The van der Waals surface area contributed by atoms with Crippen molar-refractivity contribution in [3.63, 3.8) is 0 Å². The van der Waals surface area contributed by atoms with E-state index in [-0.39, 0.29) is 24.5 Å². The highest BCUT2D eigenvalue weighted by molar-refractivity contribution is 7.91. The molecule has 0 bridgehead atoms. The van der Waals surface area contributed by atoms with Crippen LogP contribution in [0.3, 0.4) is 0 Å². The van der Waals surface area contributed by atoms with Crippen molar-refractivity contribution in [2.75, 3.05) is 78.8 Å². The van der Waals surface area contributed by atoms with E-state index in [0.717, 1.165) is 17.4 Å². The highest BCUT2D eigenvalue weighted by Gasteiger charge is 2.20. The molecule has 0 aliphatic carbocycles. The van der Waals surface area contributed by atoms with Gasteiger partial charge < -0.3 is 40.4 Å². The van der Waals surface area contributed by atoms with E-state index in [9.17, 15) is 4.55 Å². The van der Waals surface area contributed by atoms with Crippen LogP contribution in [0.2, 0.25) is 0 Å². The second-order valence-corrected chi connectivity index (χ2v) is 14.3. The molecule has 2 atom stereocenters. The zero-order valence-corrected chi connectivity index (χ0v) is 30.2. The van der Waals surface area contributed by atoms with Gasteiger partial charge in [0.25, 0.3) is 0 Å². The highest BCUT2D eigenvalue weighted by atomic mass is 35.5. The molecule has 1 aromatic rings. The first-order valence-electron chi connectivity index (χ1n) is 17.2. The average Bonchev–Trinajstić information content (AvgIpc) is 2.97. The Morgan fingerprint density at radius 2 is 1.18 bits per heavy atom. The standard InChI is InChI=1S/C34H66N3O5S.ClH/c1-5-6-7-8-9-10-11-12-13-14-15-16-17-18-19-20-25-41-31-33(42-34-35-22-21-23-36-34)32-43(38)30-29-40-28-27-39-26-24-37(2,3)4;/h21-23,33H,5-20,24-32H2,1-4H3;1H/q+1;/p-1. The van der Waals surface area contributed by atoms with Crippen LogP contribution in [0, 0.1) is 0 Å². The number of likely N-dealkylation sites (N-methyl/N-ethyl adjacent to an activating group) is 1. The lowest BCUT2D eigenvalue weighted by atomic mass is 10.0. The number of unbranched alkanes of at least 4 members (excludes halogenated alkanes) is 15. The summed E-state index contributed by atoms with van der Waals surface area (Å²) in [5.74, 6) is 0.814. The van der Waals surface area contributed by atoms with E-state index >= 15 is 0 Å². The fourth-order valence-electron chi connectivity index (χ4n) is 4.68. The third-order valence-corrected chi connectivity index (χ3v) is 8.73. The first-order valence-corrected chi connectivity index (χ1v) is 18.7. The van der Waals surface area contributed by atoms with Crippen molar-refractivity contribution in [2.45, 2.75) is 116 Å². The highest BCUT2D eigenvalue weighted by Crippen LogP contribution is 2.14. The summed E-state index contributed by atoms with van der Waals surface area (Å²) in [5.41, 5.74) is 0. The zero-order chi connectivity index (χ0) is 31.3. The Morgan fingerprint density at radius 3 is 1.70 bits per heavy atom. The van der Waals surface area contributed by atoms with Crippen LogP contribution < -0.4 is 17.1 Å². The number of rotatable bonds is 32. The van der Waals surface area contributed by atoms with Crippen LogP contribution in [0.4, 0.5) is 0 Å². The van der Waals surface area contributed by atoms with E-state index in [0.29, 0.717) is 51.1 Å². The molecule has 0 amide bonds. The lowest BCUT2D eigenvalue weighted by Crippen LogP contribution is -3.00. The van der Waals surface area contributed by atoms with Crippen LogP contribution in [-0.4, -0.2) is 104 Å². The topological polar surface area (TPSA) is 85.8 Å². The van der Waals surface area contributed by atoms with E-state index in [1.165, 1.54) is 96.3 Å². The van der Waals surface area contributed by atoms with Crippen molar-refractivity contribution >= 4 is 11.2 Å². The molecule has 0 aliphatic heterocycles. The average molecular weight is 664 g/mol. The molecule has 1 aromatic heterocycles. The monoisotopic (exact) mass is 663 g/mol. The van der Waals surface area contributed by atoms with Crippen molar-refractivity contribution in [1.82, 2.24) is 9.97 Å². The van der Waals surface area contributed by atoms with E-state index in [2.05, 4.69) is 38.0 Å². The molecule has 1 heterocycles. The van der Waals surface area contributed by atoms with E-state index in [1.54, 1.807) is 18.5 Å². The maximum Gasteiger partial charge on any atom is 0.316 e. The number of nitrogens with zero attached hydrogens (tertiary/aromatic N) is 3. The van der Waals surface area contributed by atoms with Gasteiger partial charge in [0.05, 0.1) is 54.2 Å². The van der Waals surface area contributed by atoms with Gasteiger partial charge in [-0.2, -0.15) is 0 Å². The molecule has 1 rings (SSSR count). The molecule has 0 N–H and O–H groups in total. The van der Waals surface area contributed by atoms with Crippen molar-refractivity contribution < 1.29 is 40.4 Å². The number of hydrogen-bond donors (Lipinski definition) is 0. The fourth-order valence-corrected chi connectivity index (χ4v) is 5.73. The molecule has 8 nitrogen and oxygen atoms in total. The molecule has 260 valence electrons. The predicted octanol–water partition coefficient (Wildman–Crippen LogP) is 3.99. The molecule has 0 saturated carbocycles. The summed E-state index contributed by atoms with van der Waals surface area (Å²) in [6.07, 6.45) is 24.6. The van der Waals surface area contributed by atoms with Crippen molar-refractivity contribution in [3.05, 3.63) is 18.5 Å². The number of ether oxygens (including phenoxy) is 4. The maximum atomic E-state index is 12.7. The summed E-state index contributed by atoms with van der Waals surface area (Å²) in [6, 6.07) is 2.04. The van der Waals surface area contributed by atoms with Crippen molar-refractivity contribution in [3.8, 4) is 6.01 Å². The van der Waals surface area contributed by atoms with Gasteiger partial charge in [-0.15, -0.1) is 0 Å². The van der Waals surface area contributed by atoms with E-state index < -0.39 is 11.2 Å². The van der Waals surface area contributed by atoms with Gasteiger partial charge in [0.15, 0.2) is 6.10 Å². The van der Waals surface area contributed by atoms with Crippen LogP contribution in [0.15, 0.2) is 18.5 Å². The normalized spacial score (nSPS) is 13.0. The van der Waals surface area contributed by atoms with Gasteiger partial charge in [-0.1, -0.05) is 103 Å². The number of halogens is 1. The van der Waals surface area contributed by atoms with Gasteiger partial charge in [-0.3, -0.25) is 0 Å². The third kappa shape index (κ3) is 30.0. The van der Waals surface area contributed by atoms with Crippen molar-refractivity contribution in [2.24, 2.45) is 0 Å². The summed E-state index contributed by atoms with van der Waals surface area (Å²) in [4.78, 5) is 8.31.